The smallest absolute Gasteiger partial charge is 0.236 e. The number of thiophene rings is 1. The largest absolute Gasteiger partial charge is 0.440 e. The third kappa shape index (κ3) is 2.95. The van der Waals surface area contributed by atoms with Gasteiger partial charge < -0.3 is 9.73 Å². The lowest BCUT2D eigenvalue weighted by atomic mass is 10.1. The molecule has 108 valence electrons. The molecular weight excluding hydrogens is 270 g/mol. The Morgan fingerprint density at radius 2 is 2.45 bits per heavy atom. The summed E-state index contributed by atoms with van der Waals surface area (Å²) in [5, 5.41) is 5.43. The van der Waals surface area contributed by atoms with Gasteiger partial charge in [-0.3, -0.25) is 4.90 Å². The highest BCUT2D eigenvalue weighted by atomic mass is 32.1. The molecule has 5 heteroatoms. The fourth-order valence-electron chi connectivity index (χ4n) is 2.73. The molecule has 1 saturated heterocycles. The van der Waals surface area contributed by atoms with Crippen LogP contribution in [-0.2, 0) is 6.54 Å². The molecule has 1 aliphatic rings. The first-order valence-electron chi connectivity index (χ1n) is 7.16. The minimum Gasteiger partial charge on any atom is -0.440 e. The fourth-order valence-corrected chi connectivity index (χ4v) is 3.38. The van der Waals surface area contributed by atoms with Gasteiger partial charge in [0.25, 0.3) is 0 Å². The van der Waals surface area contributed by atoms with Gasteiger partial charge in [0.2, 0.25) is 5.89 Å². The zero-order valence-electron chi connectivity index (χ0n) is 12.1. The zero-order chi connectivity index (χ0) is 13.9. The van der Waals surface area contributed by atoms with E-state index in [2.05, 4.69) is 26.6 Å². The Bertz CT molecular complexity index is 549. The van der Waals surface area contributed by atoms with Gasteiger partial charge in [0.1, 0.15) is 5.76 Å². The Morgan fingerprint density at radius 1 is 1.55 bits per heavy atom. The summed E-state index contributed by atoms with van der Waals surface area (Å²) >= 11 is 1.67. The van der Waals surface area contributed by atoms with Gasteiger partial charge in [-0.05, 0) is 44.8 Å². The Hall–Kier alpha value is -1.17. The number of piperidine rings is 1. The quantitative estimate of drug-likeness (QED) is 0.940. The second kappa shape index (κ2) is 6.08. The number of rotatable bonds is 4. The van der Waals surface area contributed by atoms with E-state index >= 15 is 0 Å². The summed E-state index contributed by atoms with van der Waals surface area (Å²) < 4.78 is 5.81. The van der Waals surface area contributed by atoms with Crippen LogP contribution < -0.4 is 5.32 Å². The molecule has 0 bridgehead atoms. The molecule has 3 heterocycles. The second-order valence-electron chi connectivity index (χ2n) is 5.36. The summed E-state index contributed by atoms with van der Waals surface area (Å²) in [6.07, 6.45) is 2.52. The van der Waals surface area contributed by atoms with Crippen LogP contribution >= 0.6 is 11.3 Å². The number of aryl methyl sites for hydroxylation is 1. The van der Waals surface area contributed by atoms with Crippen molar-refractivity contribution in [2.24, 2.45) is 0 Å². The standard InChI is InChI=1S/C15H21N3OS/c1-11-13(10-18-7-3-5-12(9-18)16-2)17-15(19-11)14-6-4-8-20-14/h4,6,8,12,16H,3,5,7,9-10H2,1-2H3. The summed E-state index contributed by atoms with van der Waals surface area (Å²) in [5.74, 6) is 1.70. The molecule has 0 spiro atoms. The maximum absolute atomic E-state index is 5.81. The van der Waals surface area contributed by atoms with Gasteiger partial charge in [0.15, 0.2) is 0 Å². The summed E-state index contributed by atoms with van der Waals surface area (Å²) in [7, 11) is 2.05. The lowest BCUT2D eigenvalue weighted by Gasteiger charge is -2.31. The van der Waals surface area contributed by atoms with Crippen LogP contribution in [0.25, 0.3) is 10.8 Å². The zero-order valence-corrected chi connectivity index (χ0v) is 12.9. The molecule has 0 aliphatic carbocycles. The minimum atomic E-state index is 0.604. The van der Waals surface area contributed by atoms with Crippen LogP contribution in [0.15, 0.2) is 21.9 Å². The molecule has 2 aromatic rings. The summed E-state index contributed by atoms with van der Waals surface area (Å²) in [5.41, 5.74) is 1.07. The molecule has 20 heavy (non-hydrogen) atoms. The number of likely N-dealkylation sites (N-methyl/N-ethyl adjacent to an activating group) is 1. The topological polar surface area (TPSA) is 41.3 Å². The van der Waals surface area contributed by atoms with Crippen LogP contribution in [0.2, 0.25) is 0 Å². The van der Waals surface area contributed by atoms with E-state index < -0.39 is 0 Å². The number of hydrogen-bond donors (Lipinski definition) is 1. The van der Waals surface area contributed by atoms with E-state index in [4.69, 9.17) is 4.42 Å². The highest BCUT2D eigenvalue weighted by Gasteiger charge is 2.21. The second-order valence-corrected chi connectivity index (χ2v) is 6.31. The predicted octanol–water partition coefficient (Wildman–Crippen LogP) is 2.90. The van der Waals surface area contributed by atoms with Crippen molar-refractivity contribution in [1.82, 2.24) is 15.2 Å². The average Bonchev–Trinajstić information content (AvgIpc) is 3.10. The van der Waals surface area contributed by atoms with Gasteiger partial charge in [-0.2, -0.15) is 0 Å². The molecule has 1 unspecified atom stereocenters. The van der Waals surface area contributed by atoms with Crippen LogP contribution in [0, 0.1) is 6.92 Å². The molecule has 2 aromatic heterocycles. The van der Waals surface area contributed by atoms with Crippen LogP contribution in [0.5, 0.6) is 0 Å². The SMILES string of the molecule is CNC1CCCN(Cc2nc(-c3cccs3)oc2C)C1. The summed E-state index contributed by atoms with van der Waals surface area (Å²) in [6, 6.07) is 4.69. The highest BCUT2D eigenvalue weighted by molar-refractivity contribution is 7.13. The molecule has 1 aliphatic heterocycles. The maximum atomic E-state index is 5.81. The number of nitrogens with zero attached hydrogens (tertiary/aromatic N) is 2. The van der Waals surface area contributed by atoms with E-state index in [-0.39, 0.29) is 0 Å². The van der Waals surface area contributed by atoms with Gasteiger partial charge in [0.05, 0.1) is 10.6 Å². The van der Waals surface area contributed by atoms with Crippen molar-refractivity contribution < 1.29 is 4.42 Å². The number of hydrogen-bond acceptors (Lipinski definition) is 5. The molecule has 4 nitrogen and oxygen atoms in total. The Labute approximate surface area is 123 Å². The van der Waals surface area contributed by atoms with E-state index in [0.717, 1.165) is 41.9 Å². The third-order valence-electron chi connectivity index (χ3n) is 3.91. The third-order valence-corrected chi connectivity index (χ3v) is 4.77. The molecule has 0 aromatic carbocycles. The molecule has 1 fully saturated rings. The summed E-state index contributed by atoms with van der Waals surface area (Å²) in [6.45, 7) is 5.15. The first-order valence-corrected chi connectivity index (χ1v) is 8.04. The van der Waals surface area contributed by atoms with Gasteiger partial charge in [-0.15, -0.1) is 11.3 Å². The predicted molar refractivity (Wildman–Crippen MR) is 81.9 cm³/mol. The van der Waals surface area contributed by atoms with E-state index in [0.29, 0.717) is 6.04 Å². The Balaban J connectivity index is 1.71. The lowest BCUT2D eigenvalue weighted by Crippen LogP contribution is -2.44. The maximum Gasteiger partial charge on any atom is 0.236 e. The molecule has 3 rings (SSSR count). The Morgan fingerprint density at radius 3 is 3.20 bits per heavy atom. The van der Waals surface area contributed by atoms with Crippen molar-refractivity contribution in [3.63, 3.8) is 0 Å². The van der Waals surface area contributed by atoms with Crippen molar-refractivity contribution in [3.05, 3.63) is 29.0 Å². The number of oxazole rings is 1. The highest BCUT2D eigenvalue weighted by Crippen LogP contribution is 2.26. The molecule has 1 atom stereocenters. The van der Waals surface area contributed by atoms with Gasteiger partial charge in [-0.25, -0.2) is 4.98 Å². The molecule has 0 radical (unpaired) electrons. The van der Waals surface area contributed by atoms with Crippen molar-refractivity contribution in [2.45, 2.75) is 32.4 Å². The normalized spacial score (nSPS) is 20.4. The van der Waals surface area contributed by atoms with E-state index in [1.807, 2.05) is 20.0 Å². The van der Waals surface area contributed by atoms with Gasteiger partial charge >= 0.3 is 0 Å². The molecule has 0 amide bonds. The van der Waals surface area contributed by atoms with Crippen LogP contribution in [0.3, 0.4) is 0 Å². The van der Waals surface area contributed by atoms with Gasteiger partial charge in [-0.1, -0.05) is 6.07 Å². The monoisotopic (exact) mass is 291 g/mol. The van der Waals surface area contributed by atoms with E-state index in [1.54, 1.807) is 11.3 Å². The molecule has 1 N–H and O–H groups in total. The van der Waals surface area contributed by atoms with Crippen LogP contribution in [0.1, 0.15) is 24.3 Å². The van der Waals surface area contributed by atoms with Crippen molar-refractivity contribution in [1.29, 1.82) is 0 Å². The minimum absolute atomic E-state index is 0.604. The number of aromatic nitrogens is 1. The van der Waals surface area contributed by atoms with Crippen molar-refractivity contribution >= 4 is 11.3 Å². The first kappa shape index (κ1) is 13.8. The van der Waals surface area contributed by atoms with Crippen molar-refractivity contribution in [2.75, 3.05) is 20.1 Å². The summed E-state index contributed by atoms with van der Waals surface area (Å²) in [4.78, 5) is 8.25. The average molecular weight is 291 g/mol. The first-order chi connectivity index (χ1) is 9.76. The number of nitrogens with one attached hydrogen (secondary N) is 1. The van der Waals surface area contributed by atoms with E-state index in [1.165, 1.54) is 12.8 Å². The fraction of sp³-hybridized carbons (Fsp3) is 0.533. The lowest BCUT2D eigenvalue weighted by molar-refractivity contribution is 0.185. The number of likely N-dealkylation sites (tertiary alicyclic amines) is 1. The molecular formula is C15H21N3OS. The molecule has 0 saturated carbocycles. The van der Waals surface area contributed by atoms with Gasteiger partial charge in [0, 0.05) is 19.1 Å². The van der Waals surface area contributed by atoms with Crippen LogP contribution in [0.4, 0.5) is 0 Å². The van der Waals surface area contributed by atoms with Crippen molar-refractivity contribution in [3.8, 4) is 10.8 Å². The van der Waals surface area contributed by atoms with Crippen LogP contribution in [-0.4, -0.2) is 36.1 Å². The van der Waals surface area contributed by atoms with E-state index in [9.17, 15) is 0 Å². The Kier molecular flexibility index (Phi) is 4.19.